The third-order valence-electron chi connectivity index (χ3n) is 12.5. The van der Waals surface area contributed by atoms with Gasteiger partial charge in [-0.25, -0.2) is 0 Å². The molecular formula is C47H47N7O10. The van der Waals surface area contributed by atoms with Crippen molar-refractivity contribution in [3.63, 3.8) is 0 Å². The predicted octanol–water partition coefficient (Wildman–Crippen LogP) is 3.45. The highest BCUT2D eigenvalue weighted by Crippen LogP contribution is 2.53. The molecule has 5 atom stereocenters. The molecule has 9 rings (SSSR count). The molecule has 5 aliphatic rings. The Hall–Kier alpha value is -6.66. The number of aromatic nitrogens is 1. The first kappa shape index (κ1) is 42.6. The zero-order chi connectivity index (χ0) is 44.3. The number of ether oxygens (including phenoxy) is 3. The summed E-state index contributed by atoms with van der Waals surface area (Å²) in [6.45, 7) is 3.81. The van der Waals surface area contributed by atoms with E-state index in [4.69, 9.17) is 14.2 Å². The van der Waals surface area contributed by atoms with E-state index in [1.165, 1.54) is 4.90 Å². The number of nitrogens with zero attached hydrogens (tertiary/aromatic N) is 3. The Kier molecular flexibility index (Phi) is 12.4. The fourth-order valence-corrected chi connectivity index (χ4v) is 9.43. The molecular weight excluding hydrogens is 823 g/mol. The molecule has 3 aromatic carbocycles. The molecule has 3 aliphatic heterocycles. The van der Waals surface area contributed by atoms with E-state index in [9.17, 15) is 33.6 Å². The van der Waals surface area contributed by atoms with Crippen LogP contribution in [0.1, 0.15) is 55.9 Å². The first-order valence-corrected chi connectivity index (χ1v) is 21.6. The van der Waals surface area contributed by atoms with Crippen molar-refractivity contribution in [1.82, 2.24) is 20.5 Å². The summed E-state index contributed by atoms with van der Waals surface area (Å²) in [5.74, 6) is -3.16. The second kappa shape index (κ2) is 18.6. The standard InChI is InChI=1S/C47H47N7O10/c55-37-14-13-36(43(57)52-37)54-44(58)33-4-2-5-34(40(33)47(54)61)49-18-20-63-22-24-64-23-21-62-19-17-48-26-30-15-16-50-41-32(30)3-1-6-35(41)51-42(56)27-9-11-31(12-10-27)53-45(59)38-28-7-8-29(25-28)39(38)46(53)60/h1-12,15-16,28-29,36,38-39,48-49H,13-14,17-26H2,(H,51,56)(H,52,55,57)/t28-,29?,36?,38-,39+/m1/s1. The molecule has 1 saturated carbocycles. The third-order valence-corrected chi connectivity index (χ3v) is 12.5. The summed E-state index contributed by atoms with van der Waals surface area (Å²) in [6, 6.07) is 18.0. The molecule has 17 nitrogen and oxygen atoms in total. The number of anilines is 3. The van der Waals surface area contributed by atoms with Crippen LogP contribution in [0.3, 0.4) is 0 Å². The lowest BCUT2D eigenvalue weighted by Crippen LogP contribution is -2.54. The lowest BCUT2D eigenvalue weighted by atomic mass is 9.85. The molecule has 17 heteroatoms. The Morgan fingerprint density at radius 3 is 2.14 bits per heavy atom. The first-order valence-electron chi connectivity index (χ1n) is 21.6. The number of hydrogen-bond acceptors (Lipinski definition) is 13. The van der Waals surface area contributed by atoms with Gasteiger partial charge in [-0.2, -0.15) is 0 Å². The van der Waals surface area contributed by atoms with Crippen molar-refractivity contribution in [3.8, 4) is 0 Å². The number of hydrogen-bond donors (Lipinski definition) is 4. The second-order valence-corrected chi connectivity index (χ2v) is 16.3. The predicted molar refractivity (Wildman–Crippen MR) is 232 cm³/mol. The number of fused-ring (bicyclic) bond motifs is 7. The maximum atomic E-state index is 13.3. The van der Waals surface area contributed by atoms with Gasteiger partial charge in [0.1, 0.15) is 6.04 Å². The van der Waals surface area contributed by atoms with E-state index >= 15 is 0 Å². The molecule has 64 heavy (non-hydrogen) atoms. The molecule has 0 radical (unpaired) electrons. The monoisotopic (exact) mass is 869 g/mol. The van der Waals surface area contributed by atoms with Gasteiger partial charge in [-0.1, -0.05) is 30.4 Å². The van der Waals surface area contributed by atoms with E-state index in [2.05, 4.69) is 38.4 Å². The maximum Gasteiger partial charge on any atom is 0.264 e. The average molecular weight is 870 g/mol. The molecule has 4 aromatic rings. The van der Waals surface area contributed by atoms with E-state index in [1.54, 1.807) is 54.7 Å². The molecule has 330 valence electrons. The molecule has 2 unspecified atom stereocenters. The Labute approximate surface area is 367 Å². The summed E-state index contributed by atoms with van der Waals surface area (Å²) in [7, 11) is 0. The highest BCUT2D eigenvalue weighted by atomic mass is 16.5. The molecule has 4 heterocycles. The minimum absolute atomic E-state index is 0.0540. The third kappa shape index (κ3) is 8.30. The molecule has 2 saturated heterocycles. The SMILES string of the molecule is O=C1CCC(N2C(=O)c3cccc(NCCOCCOCCOCCNCc4ccnc5c(NC(=O)c6ccc(N7C(=O)[C@@H]8[C@@H]9C=CC(C9)[C@@H]8C7=O)cc6)cccc45)c3C2=O)C(=O)N1. The maximum absolute atomic E-state index is 13.3. The topological polar surface area (TPSA) is 215 Å². The minimum Gasteiger partial charge on any atom is -0.382 e. The van der Waals surface area contributed by atoms with Gasteiger partial charge in [-0.15, -0.1) is 0 Å². The van der Waals surface area contributed by atoms with E-state index in [-0.39, 0.29) is 65.4 Å². The van der Waals surface area contributed by atoms with Crippen molar-refractivity contribution in [2.45, 2.75) is 31.8 Å². The van der Waals surface area contributed by atoms with Crippen LogP contribution >= 0.6 is 0 Å². The van der Waals surface area contributed by atoms with Crippen LogP contribution in [0.15, 0.2) is 85.1 Å². The summed E-state index contributed by atoms with van der Waals surface area (Å²) in [5.41, 5.74) is 3.95. The van der Waals surface area contributed by atoms with Crippen LogP contribution in [0.5, 0.6) is 0 Å². The fourth-order valence-electron chi connectivity index (χ4n) is 9.43. The minimum atomic E-state index is -1.03. The van der Waals surface area contributed by atoms with Crippen LogP contribution in [-0.4, -0.2) is 110 Å². The van der Waals surface area contributed by atoms with Crippen LogP contribution in [0.4, 0.5) is 17.1 Å². The van der Waals surface area contributed by atoms with Crippen molar-refractivity contribution in [3.05, 3.63) is 107 Å². The summed E-state index contributed by atoms with van der Waals surface area (Å²) in [5, 5.41) is 12.6. The smallest absolute Gasteiger partial charge is 0.264 e. The molecule has 2 bridgehead atoms. The largest absolute Gasteiger partial charge is 0.382 e. The van der Waals surface area contributed by atoms with Gasteiger partial charge >= 0.3 is 0 Å². The van der Waals surface area contributed by atoms with Crippen molar-refractivity contribution in [2.24, 2.45) is 23.7 Å². The number of piperidine rings is 1. The second-order valence-electron chi connectivity index (χ2n) is 16.3. The fraction of sp³-hybridized carbons (Fsp3) is 0.362. The highest BCUT2D eigenvalue weighted by molar-refractivity contribution is 6.26. The zero-order valence-electron chi connectivity index (χ0n) is 34.9. The van der Waals surface area contributed by atoms with Crippen LogP contribution in [0.25, 0.3) is 10.9 Å². The number of pyridine rings is 1. The van der Waals surface area contributed by atoms with E-state index < -0.39 is 29.7 Å². The number of para-hydroxylation sites is 1. The number of nitrogens with one attached hydrogen (secondary N) is 4. The number of carbonyl (C=O) groups is 7. The number of carbonyl (C=O) groups excluding carboxylic acids is 7. The van der Waals surface area contributed by atoms with Gasteiger partial charge in [0, 0.05) is 48.9 Å². The molecule has 2 aliphatic carbocycles. The van der Waals surface area contributed by atoms with E-state index in [0.717, 1.165) is 22.3 Å². The van der Waals surface area contributed by atoms with Gasteiger partial charge in [-0.3, -0.25) is 53.7 Å². The van der Waals surface area contributed by atoms with Gasteiger partial charge in [-0.05, 0) is 78.8 Å². The van der Waals surface area contributed by atoms with Crippen molar-refractivity contribution in [2.75, 3.05) is 68.3 Å². The molecule has 1 aromatic heterocycles. The van der Waals surface area contributed by atoms with Crippen molar-refractivity contribution >= 4 is 69.3 Å². The lowest BCUT2D eigenvalue weighted by molar-refractivity contribution is -0.136. The summed E-state index contributed by atoms with van der Waals surface area (Å²) in [6.07, 6.45) is 6.86. The quantitative estimate of drug-likeness (QED) is 0.0605. The van der Waals surface area contributed by atoms with Crippen LogP contribution in [-0.2, 0) is 39.9 Å². The molecule has 0 spiro atoms. The number of benzene rings is 3. The van der Waals surface area contributed by atoms with Crippen LogP contribution < -0.4 is 26.2 Å². The molecule has 3 fully saturated rings. The molecule has 4 N–H and O–H groups in total. The summed E-state index contributed by atoms with van der Waals surface area (Å²) in [4.78, 5) is 96.8. The van der Waals surface area contributed by atoms with Gasteiger partial charge in [0.05, 0.1) is 79.5 Å². The Morgan fingerprint density at radius 2 is 1.42 bits per heavy atom. The zero-order valence-corrected chi connectivity index (χ0v) is 34.9. The number of allylic oxidation sites excluding steroid dienone is 2. The average Bonchev–Trinajstić information content (AvgIpc) is 4.05. The lowest BCUT2D eigenvalue weighted by Gasteiger charge is -2.27. The Bertz CT molecular complexity index is 2530. The molecule has 7 amide bonds. The van der Waals surface area contributed by atoms with Gasteiger partial charge in [0.25, 0.3) is 17.7 Å². The van der Waals surface area contributed by atoms with Crippen LogP contribution in [0.2, 0.25) is 0 Å². The highest BCUT2D eigenvalue weighted by Gasteiger charge is 2.59. The van der Waals surface area contributed by atoms with Crippen molar-refractivity contribution in [1.29, 1.82) is 0 Å². The number of imide groups is 3. The number of amides is 7. The Morgan fingerprint density at radius 1 is 0.750 bits per heavy atom. The number of rotatable bonds is 19. The summed E-state index contributed by atoms with van der Waals surface area (Å²) >= 11 is 0. The first-order chi connectivity index (χ1) is 31.2. The van der Waals surface area contributed by atoms with E-state index in [0.29, 0.717) is 87.4 Å². The van der Waals surface area contributed by atoms with E-state index in [1.807, 2.05) is 18.2 Å². The van der Waals surface area contributed by atoms with Crippen molar-refractivity contribution < 1.29 is 47.8 Å². The normalized spacial score (nSPS) is 22.2. The summed E-state index contributed by atoms with van der Waals surface area (Å²) < 4.78 is 17.0. The Balaban J connectivity index is 0.650. The van der Waals surface area contributed by atoms with Gasteiger partial charge in [0.2, 0.25) is 23.6 Å². The van der Waals surface area contributed by atoms with Crippen LogP contribution in [0, 0.1) is 23.7 Å². The van der Waals surface area contributed by atoms with Gasteiger partial charge < -0.3 is 30.2 Å². The van der Waals surface area contributed by atoms with Gasteiger partial charge in [0.15, 0.2) is 0 Å².